The molecule has 1 aromatic rings. The van der Waals surface area contributed by atoms with Crippen LogP contribution in [0.4, 0.5) is 5.82 Å². The largest absolute Gasteiger partial charge is 0.381 e. The van der Waals surface area contributed by atoms with E-state index in [0.717, 1.165) is 16.6 Å². The van der Waals surface area contributed by atoms with Crippen molar-refractivity contribution in [3.8, 4) is 0 Å². The van der Waals surface area contributed by atoms with Gasteiger partial charge in [0.2, 0.25) is 0 Å². The predicted octanol–water partition coefficient (Wildman–Crippen LogP) is 1.80. The van der Waals surface area contributed by atoms with Crippen molar-refractivity contribution >= 4 is 21.7 Å². The van der Waals surface area contributed by atoms with Crippen LogP contribution in [0, 0.1) is 0 Å². The zero-order valence-electron chi connectivity index (χ0n) is 6.34. The molecule has 1 heterocycles. The van der Waals surface area contributed by atoms with Gasteiger partial charge in [0.15, 0.2) is 5.82 Å². The fraction of sp³-hybridized carbons (Fsp3) is 0.286. The number of nitrogens with two attached hydrogens (primary N) is 1. The lowest BCUT2D eigenvalue weighted by molar-refractivity contribution is 0.682. The molecular weight excluding hydrogens is 206 g/mol. The molecule has 0 bridgehead atoms. The highest BCUT2D eigenvalue weighted by Gasteiger charge is 2.00. The Hall–Kier alpha value is -0.770. The van der Waals surface area contributed by atoms with Gasteiger partial charge in [-0.25, -0.2) is 0 Å². The van der Waals surface area contributed by atoms with Crippen molar-refractivity contribution in [3.05, 3.63) is 22.8 Å². The number of halogens is 1. The Morgan fingerprint density at radius 3 is 2.91 bits per heavy atom. The number of hydrogen-bond donors (Lipinski definition) is 1. The Labute approximate surface area is 74.0 Å². The van der Waals surface area contributed by atoms with E-state index in [2.05, 4.69) is 27.6 Å². The molecule has 4 heteroatoms. The van der Waals surface area contributed by atoms with Crippen molar-refractivity contribution in [1.29, 1.82) is 0 Å². The van der Waals surface area contributed by atoms with E-state index in [9.17, 15) is 0 Å². The molecule has 0 radical (unpaired) electrons. The van der Waals surface area contributed by atoms with Crippen LogP contribution in [0.3, 0.4) is 0 Å². The van der Waals surface area contributed by atoms with E-state index in [1.54, 1.807) is 4.68 Å². The lowest BCUT2D eigenvalue weighted by Gasteiger charge is -1.97. The quantitative estimate of drug-likeness (QED) is 0.766. The van der Waals surface area contributed by atoms with Crippen molar-refractivity contribution in [2.75, 3.05) is 5.73 Å². The molecule has 2 N–H and O–H groups in total. The second-order valence-electron chi connectivity index (χ2n) is 2.52. The third-order valence-electron chi connectivity index (χ3n) is 1.18. The second kappa shape index (κ2) is 3.09. The average molecular weight is 216 g/mol. The highest BCUT2D eigenvalue weighted by molar-refractivity contribution is 9.10. The summed E-state index contributed by atoms with van der Waals surface area (Å²) in [7, 11) is 0. The van der Waals surface area contributed by atoms with Gasteiger partial charge < -0.3 is 5.73 Å². The lowest BCUT2D eigenvalue weighted by atomic mass is 10.4. The van der Waals surface area contributed by atoms with E-state index in [1.165, 1.54) is 0 Å². The van der Waals surface area contributed by atoms with E-state index in [0.29, 0.717) is 5.82 Å². The number of nitrogen functional groups attached to an aromatic ring is 1. The maximum Gasteiger partial charge on any atom is 0.159 e. The van der Waals surface area contributed by atoms with Crippen LogP contribution in [0.25, 0.3) is 0 Å². The first kappa shape index (κ1) is 8.33. The van der Waals surface area contributed by atoms with Crippen molar-refractivity contribution in [3.63, 3.8) is 0 Å². The molecule has 11 heavy (non-hydrogen) atoms. The number of rotatable bonds is 2. The summed E-state index contributed by atoms with van der Waals surface area (Å²) in [6.45, 7) is 6.44. The van der Waals surface area contributed by atoms with E-state index in [-0.39, 0.29) is 0 Å². The molecule has 1 rings (SSSR count). The molecular formula is C7H10BrN3. The number of allylic oxidation sites excluding steroid dienone is 1. The Balaban J connectivity index is 2.81. The molecule has 0 atom stereocenters. The molecule has 0 spiro atoms. The third kappa shape index (κ3) is 2.08. The Morgan fingerprint density at radius 2 is 2.55 bits per heavy atom. The van der Waals surface area contributed by atoms with Crippen LogP contribution < -0.4 is 5.73 Å². The minimum Gasteiger partial charge on any atom is -0.381 e. The van der Waals surface area contributed by atoms with Crippen LogP contribution in [-0.4, -0.2) is 9.78 Å². The van der Waals surface area contributed by atoms with Gasteiger partial charge in [-0.1, -0.05) is 12.2 Å². The maximum absolute atomic E-state index is 5.51. The fourth-order valence-electron chi connectivity index (χ4n) is 0.770. The number of nitrogens with zero attached hydrogens (tertiary/aromatic N) is 2. The van der Waals surface area contributed by atoms with Crippen molar-refractivity contribution in [2.45, 2.75) is 13.5 Å². The summed E-state index contributed by atoms with van der Waals surface area (Å²) < 4.78 is 2.58. The van der Waals surface area contributed by atoms with Gasteiger partial charge in [-0.05, 0) is 22.9 Å². The van der Waals surface area contributed by atoms with Gasteiger partial charge in [-0.3, -0.25) is 4.68 Å². The van der Waals surface area contributed by atoms with Crippen LogP contribution in [0.15, 0.2) is 22.8 Å². The van der Waals surface area contributed by atoms with E-state index < -0.39 is 0 Å². The van der Waals surface area contributed by atoms with Crippen molar-refractivity contribution < 1.29 is 0 Å². The SMILES string of the molecule is C=C(C)Cn1cc(Br)c(N)n1. The van der Waals surface area contributed by atoms with Crippen LogP contribution in [0.5, 0.6) is 0 Å². The summed E-state index contributed by atoms with van der Waals surface area (Å²) in [4.78, 5) is 0. The molecule has 0 saturated heterocycles. The first-order chi connectivity index (χ1) is 5.09. The van der Waals surface area contributed by atoms with Crippen molar-refractivity contribution in [1.82, 2.24) is 9.78 Å². The standard InChI is InChI=1S/C7H10BrN3/c1-5(2)3-11-4-6(8)7(9)10-11/h4H,1,3H2,2H3,(H2,9,10). The predicted molar refractivity (Wildman–Crippen MR) is 49.2 cm³/mol. The third-order valence-corrected chi connectivity index (χ3v) is 1.79. The minimum atomic E-state index is 0.520. The Kier molecular flexibility index (Phi) is 2.34. The second-order valence-corrected chi connectivity index (χ2v) is 3.37. The molecule has 60 valence electrons. The molecule has 0 fully saturated rings. The number of aromatic nitrogens is 2. The molecule has 0 aromatic carbocycles. The number of anilines is 1. The van der Waals surface area contributed by atoms with Crippen LogP contribution in [0.1, 0.15) is 6.92 Å². The zero-order valence-corrected chi connectivity index (χ0v) is 7.93. The van der Waals surface area contributed by atoms with Gasteiger partial charge in [0.25, 0.3) is 0 Å². The van der Waals surface area contributed by atoms with Gasteiger partial charge >= 0.3 is 0 Å². The molecule has 0 amide bonds. The smallest absolute Gasteiger partial charge is 0.159 e. The molecule has 1 aromatic heterocycles. The first-order valence-corrected chi connectivity index (χ1v) is 4.01. The topological polar surface area (TPSA) is 43.8 Å². The maximum atomic E-state index is 5.51. The number of hydrogen-bond acceptors (Lipinski definition) is 2. The van der Waals surface area contributed by atoms with E-state index in [4.69, 9.17) is 5.73 Å². The van der Waals surface area contributed by atoms with Gasteiger partial charge in [0, 0.05) is 6.20 Å². The monoisotopic (exact) mass is 215 g/mol. The molecule has 0 aliphatic carbocycles. The summed E-state index contributed by atoms with van der Waals surface area (Å²) in [6.07, 6.45) is 1.84. The molecule has 0 unspecified atom stereocenters. The normalized spacial score (nSPS) is 10.0. The Bertz CT molecular complexity index is 258. The molecule has 0 aliphatic heterocycles. The van der Waals surface area contributed by atoms with Gasteiger partial charge in [-0.2, -0.15) is 5.10 Å². The highest BCUT2D eigenvalue weighted by atomic mass is 79.9. The lowest BCUT2D eigenvalue weighted by Crippen LogP contribution is -1.99. The zero-order chi connectivity index (χ0) is 8.43. The summed E-state index contributed by atoms with van der Waals surface area (Å²) >= 11 is 3.27. The molecule has 3 nitrogen and oxygen atoms in total. The fourth-order valence-corrected chi connectivity index (χ4v) is 1.09. The van der Waals surface area contributed by atoms with E-state index >= 15 is 0 Å². The average Bonchev–Trinajstić information content (AvgIpc) is 2.10. The van der Waals surface area contributed by atoms with Gasteiger partial charge in [0.05, 0.1) is 11.0 Å². The summed E-state index contributed by atoms with van der Waals surface area (Å²) in [5.74, 6) is 0.520. The summed E-state index contributed by atoms with van der Waals surface area (Å²) in [6, 6.07) is 0. The molecule has 0 aliphatic rings. The van der Waals surface area contributed by atoms with Crippen LogP contribution in [-0.2, 0) is 6.54 Å². The summed E-state index contributed by atoms with van der Waals surface area (Å²) in [5.41, 5.74) is 6.56. The highest BCUT2D eigenvalue weighted by Crippen LogP contribution is 2.16. The van der Waals surface area contributed by atoms with Crippen LogP contribution in [0.2, 0.25) is 0 Å². The first-order valence-electron chi connectivity index (χ1n) is 3.22. The van der Waals surface area contributed by atoms with Crippen molar-refractivity contribution in [2.24, 2.45) is 0 Å². The summed E-state index contributed by atoms with van der Waals surface area (Å²) in [5, 5.41) is 4.04. The van der Waals surface area contributed by atoms with E-state index in [1.807, 2.05) is 13.1 Å². The minimum absolute atomic E-state index is 0.520. The van der Waals surface area contributed by atoms with Gasteiger partial charge in [-0.15, -0.1) is 0 Å². The molecule has 0 saturated carbocycles. The Morgan fingerprint density at radius 1 is 1.91 bits per heavy atom. The van der Waals surface area contributed by atoms with Gasteiger partial charge in [0.1, 0.15) is 0 Å². The van der Waals surface area contributed by atoms with Crippen LogP contribution >= 0.6 is 15.9 Å².